The van der Waals surface area contributed by atoms with E-state index in [1.807, 2.05) is 6.92 Å². The van der Waals surface area contributed by atoms with E-state index in [4.69, 9.17) is 71.1 Å². The Kier molecular flexibility index (Phi) is 27.2. The van der Waals surface area contributed by atoms with Gasteiger partial charge in [0, 0.05) is 12.3 Å². The summed E-state index contributed by atoms with van der Waals surface area (Å²) in [7, 11) is 0. The van der Waals surface area contributed by atoms with Crippen LogP contribution in [0.5, 0.6) is 0 Å². The van der Waals surface area contributed by atoms with Gasteiger partial charge in [-0.25, -0.2) is 0 Å². The van der Waals surface area contributed by atoms with Gasteiger partial charge in [-0.3, -0.25) is 0 Å². The molecule has 23 N–H and O–H groups in total. The van der Waals surface area contributed by atoms with Crippen molar-refractivity contribution in [2.45, 2.75) is 332 Å². The zero-order valence-electron chi connectivity index (χ0n) is 60.3. The summed E-state index contributed by atoms with van der Waals surface area (Å²) < 4.78 is 90.2. The molecule has 12 rings (SSSR count). The third kappa shape index (κ3) is 16.0. The highest BCUT2D eigenvalue weighted by molar-refractivity contribution is 5.15. The van der Waals surface area contributed by atoms with Crippen molar-refractivity contribution in [1.29, 1.82) is 0 Å². The number of hydrogen-bond donors (Lipinski definition) is 23. The first-order chi connectivity index (χ1) is 50.7. The van der Waals surface area contributed by atoms with E-state index in [0.717, 1.165) is 38.5 Å². The van der Waals surface area contributed by atoms with E-state index in [0.29, 0.717) is 43.4 Å². The van der Waals surface area contributed by atoms with Crippen molar-refractivity contribution in [3.8, 4) is 0 Å². The van der Waals surface area contributed by atoms with Gasteiger partial charge in [-0.05, 0) is 111 Å². The summed E-state index contributed by atoms with van der Waals surface area (Å²) in [6.07, 6.45) is -58.4. The average molecular weight is 1550 g/mol. The van der Waals surface area contributed by atoms with Gasteiger partial charge in [0.2, 0.25) is 0 Å². The highest BCUT2D eigenvalue weighted by Crippen LogP contribution is 2.71. The number of ether oxygens (including phenoxy) is 15. The minimum Gasteiger partial charge on any atom is -0.394 e. The monoisotopic (exact) mass is 1550 g/mol. The first-order valence-electron chi connectivity index (χ1n) is 37.8. The van der Waals surface area contributed by atoms with Crippen molar-refractivity contribution in [2.75, 3.05) is 46.2 Å². The van der Waals surface area contributed by atoms with Gasteiger partial charge in [0.15, 0.2) is 49.8 Å². The van der Waals surface area contributed by atoms with Crippen molar-refractivity contribution in [3.05, 3.63) is 0 Å². The average Bonchev–Trinajstić information content (AvgIpc) is 1.49. The molecule has 0 amide bonds. The SMILES string of the molecule is C[C@H](CC[C@]1(O)O[C@H]2C[C@H]3[C@@H]4CC[C@H]5C[C@@H](O[C@@H]6O[C@H](CO)[C@H](O[C@@H]7O[C@H](CO)[C@@H](O)[C@H](O[C@@H]8O[C@H](CO)[C@@H](O[C@@H]9O[C@@H](C)[C@H](O)[C@@H](O)[C@H]9O)[C@H](O)[C@H]8O)[C@H]7O[C@@H]7O[C@H](CO)[C@@H](O)[C@H](O[C@@H]8O[C@H](CO)[C@@H](O)[C@H](O)[C@H]8O)[C@H]7O)[C@H](O)[C@H]6O)CC[C@]5(C)[C@H]4CC[C@]3(C)[C@H]2[C@@H]1C)CO[C@@H]1O[C@H](CO)[C@@H](O)[C@H](O)[C@H]1O. The summed E-state index contributed by atoms with van der Waals surface area (Å²) >= 11 is 0. The maximum absolute atomic E-state index is 12.2. The second-order valence-electron chi connectivity index (χ2n) is 32.7. The van der Waals surface area contributed by atoms with Gasteiger partial charge < -0.3 is 189 Å². The van der Waals surface area contributed by atoms with Gasteiger partial charge in [0.25, 0.3) is 0 Å². The number of aliphatic hydroxyl groups is 23. The summed E-state index contributed by atoms with van der Waals surface area (Å²) in [5, 5.41) is 253. The zero-order chi connectivity index (χ0) is 77.5. The molecule has 0 aromatic carbocycles. The van der Waals surface area contributed by atoms with Gasteiger partial charge in [0.1, 0.15) is 165 Å². The van der Waals surface area contributed by atoms with Crippen LogP contribution >= 0.6 is 0 Å². The van der Waals surface area contributed by atoms with E-state index in [1.165, 1.54) is 6.92 Å². The van der Waals surface area contributed by atoms with Crippen LogP contribution in [0.4, 0.5) is 0 Å². The smallest absolute Gasteiger partial charge is 0.187 e. The molecule has 0 unspecified atom stereocenters. The van der Waals surface area contributed by atoms with Gasteiger partial charge in [-0.2, -0.15) is 0 Å². The first kappa shape index (κ1) is 84.9. The summed E-state index contributed by atoms with van der Waals surface area (Å²) in [5.74, 6) is -0.376. The van der Waals surface area contributed by atoms with Crippen molar-refractivity contribution in [1.82, 2.24) is 0 Å². The highest BCUT2D eigenvalue weighted by atomic mass is 16.8. The first-order valence-corrected chi connectivity index (χ1v) is 37.8. The van der Waals surface area contributed by atoms with E-state index in [1.54, 1.807) is 0 Å². The van der Waals surface area contributed by atoms with Gasteiger partial charge in [-0.15, -0.1) is 0 Å². The molecule has 620 valence electrons. The fourth-order valence-corrected chi connectivity index (χ4v) is 20.0. The van der Waals surface area contributed by atoms with Crippen LogP contribution in [0.15, 0.2) is 0 Å². The molecule has 12 fully saturated rings. The fourth-order valence-electron chi connectivity index (χ4n) is 20.0. The molecule has 0 radical (unpaired) electrons. The fraction of sp³-hybridized carbons (Fsp3) is 1.00. The Morgan fingerprint density at radius 1 is 0.383 bits per heavy atom. The zero-order valence-corrected chi connectivity index (χ0v) is 60.3. The number of rotatable bonds is 24. The van der Waals surface area contributed by atoms with E-state index in [2.05, 4.69) is 20.8 Å². The second-order valence-corrected chi connectivity index (χ2v) is 32.7. The molecule has 47 atom stereocenters. The predicted octanol–water partition coefficient (Wildman–Crippen LogP) is -9.45. The lowest BCUT2D eigenvalue weighted by molar-refractivity contribution is -0.414. The third-order valence-electron chi connectivity index (χ3n) is 26.4. The molecule has 38 nitrogen and oxygen atoms in total. The molecule has 38 heteroatoms. The predicted molar refractivity (Wildman–Crippen MR) is 348 cm³/mol. The Hall–Kier alpha value is -1.52. The Balaban J connectivity index is 0.718. The molecule has 4 aliphatic carbocycles. The molecule has 12 aliphatic rings. The molecular weight excluding hydrogens is 1440 g/mol. The van der Waals surface area contributed by atoms with Crippen LogP contribution in [0.2, 0.25) is 0 Å². The van der Waals surface area contributed by atoms with Crippen molar-refractivity contribution in [2.24, 2.45) is 52.3 Å². The minimum absolute atomic E-state index is 0.0968. The maximum atomic E-state index is 12.2. The lowest BCUT2D eigenvalue weighted by Crippen LogP contribution is -2.69. The van der Waals surface area contributed by atoms with Crippen LogP contribution in [0, 0.1) is 52.3 Å². The van der Waals surface area contributed by atoms with Crippen LogP contribution in [0.25, 0.3) is 0 Å². The van der Waals surface area contributed by atoms with Gasteiger partial charge in [0.05, 0.1) is 64.6 Å². The topological polar surface area (TPSA) is 604 Å². The quantitative estimate of drug-likeness (QED) is 0.0399. The van der Waals surface area contributed by atoms with Crippen LogP contribution < -0.4 is 0 Å². The molecular formula is C69H116O38. The van der Waals surface area contributed by atoms with Gasteiger partial charge >= 0.3 is 0 Å². The number of aliphatic hydroxyl groups excluding tert-OH is 22. The number of hydrogen-bond acceptors (Lipinski definition) is 38. The molecule has 0 spiro atoms. The number of fused-ring (bicyclic) bond motifs is 7. The largest absolute Gasteiger partial charge is 0.394 e. The summed E-state index contributed by atoms with van der Waals surface area (Å²) in [6.45, 7) is 4.56. The summed E-state index contributed by atoms with van der Waals surface area (Å²) in [6, 6.07) is 0. The molecule has 8 saturated heterocycles. The van der Waals surface area contributed by atoms with Crippen LogP contribution in [-0.2, 0) is 71.1 Å². The van der Waals surface area contributed by atoms with E-state index in [9.17, 15) is 117 Å². The van der Waals surface area contributed by atoms with Crippen molar-refractivity contribution < 1.29 is 189 Å². The third-order valence-corrected chi connectivity index (χ3v) is 26.4. The van der Waals surface area contributed by atoms with Gasteiger partial charge in [-0.1, -0.05) is 27.7 Å². The van der Waals surface area contributed by atoms with E-state index in [-0.39, 0.29) is 47.2 Å². The highest BCUT2D eigenvalue weighted by Gasteiger charge is 2.69. The Morgan fingerprint density at radius 2 is 0.813 bits per heavy atom. The minimum atomic E-state index is -2.30. The van der Waals surface area contributed by atoms with E-state index >= 15 is 0 Å². The Labute approximate surface area is 616 Å². The molecule has 0 aromatic rings. The lowest BCUT2D eigenvalue weighted by Gasteiger charge is -2.61. The normalized spacial score (nSPS) is 55.5. The Bertz CT molecular complexity index is 2830. The lowest BCUT2D eigenvalue weighted by atomic mass is 9.44. The summed E-state index contributed by atoms with van der Waals surface area (Å²) in [5.41, 5.74) is -0.227. The molecule has 8 heterocycles. The Morgan fingerprint density at radius 3 is 1.38 bits per heavy atom. The van der Waals surface area contributed by atoms with Crippen molar-refractivity contribution in [3.63, 3.8) is 0 Å². The second kappa shape index (κ2) is 34.3. The van der Waals surface area contributed by atoms with E-state index < -0.39 is 266 Å². The molecule has 107 heavy (non-hydrogen) atoms. The van der Waals surface area contributed by atoms with Crippen LogP contribution in [-0.4, -0.2) is 397 Å². The molecule has 0 aromatic heterocycles. The molecule has 8 aliphatic heterocycles. The maximum Gasteiger partial charge on any atom is 0.187 e. The standard InChI is InChI=1S/C69H116O38/c1-23(22-93-60-49(86)45(82)40(77)32(16-70)96-60)8-13-69(92)24(2)38-31(107-69)15-30-28-7-6-26-14-27(9-11-67(26,4)29(28)10-12-68(30,38)5)95-62-52(89)47(84)56(37(21-75)100-62)103-66-59(106-65-54(91)57(42(79)34(18-72)98-65)104-63-51(88)46(83)41(78)33(17-71)97-63)58(43(80)35(19-73)99-66)105-64-53(90)48(85)55(36(20-74)101-64)102-61-50(87)44(81)39(76)25(3)94-61/h23-66,70-92H,6-22H2,1-5H3/t23-,24+,25+,26+,27+,28-,29+,30+,31+,32-,33-,34-,35-,36-,37-,38+,39+,40-,41-,42-,43-,44-,45+,46+,47-,48-,49-,50-,51-,52-,53-,54-,55-,56+,57+,58+,59-,60-,61+,62-,63+,64+,65+,66+,67+,68+,69+/m1/s1. The molecule has 4 saturated carbocycles. The van der Waals surface area contributed by atoms with Crippen LogP contribution in [0.1, 0.15) is 98.8 Å². The molecule has 0 bridgehead atoms. The van der Waals surface area contributed by atoms with Crippen molar-refractivity contribution >= 4 is 0 Å². The summed E-state index contributed by atoms with van der Waals surface area (Å²) in [4.78, 5) is 0. The van der Waals surface area contributed by atoms with Crippen LogP contribution in [0.3, 0.4) is 0 Å².